The molecule has 1 N–H and O–H groups in total. The van der Waals surface area contributed by atoms with Gasteiger partial charge in [-0.3, -0.25) is 4.79 Å². The molecule has 3 nitrogen and oxygen atoms in total. The van der Waals surface area contributed by atoms with Crippen LogP contribution in [0.1, 0.15) is 22.2 Å². The van der Waals surface area contributed by atoms with Crippen molar-refractivity contribution in [3.05, 3.63) is 52.2 Å². The minimum absolute atomic E-state index is 0.0344. The molecule has 0 saturated carbocycles. The lowest BCUT2D eigenvalue weighted by molar-refractivity contribution is 0.0751. The van der Waals surface area contributed by atoms with Crippen LogP contribution in [0.3, 0.4) is 0 Å². The van der Waals surface area contributed by atoms with Gasteiger partial charge in [-0.15, -0.1) is 11.3 Å². The van der Waals surface area contributed by atoms with Gasteiger partial charge in [-0.1, -0.05) is 18.2 Å². The Labute approximate surface area is 110 Å². The van der Waals surface area contributed by atoms with Crippen molar-refractivity contribution in [3.63, 3.8) is 0 Å². The minimum Gasteiger partial charge on any atom is -0.507 e. The Kier molecular flexibility index (Phi) is 3.99. The van der Waals surface area contributed by atoms with E-state index < -0.39 is 0 Å². The van der Waals surface area contributed by atoms with Crippen molar-refractivity contribution in [2.24, 2.45) is 0 Å². The van der Waals surface area contributed by atoms with Gasteiger partial charge >= 0.3 is 0 Å². The normalized spacial score (nSPS) is 10.3. The van der Waals surface area contributed by atoms with Gasteiger partial charge in [0.15, 0.2) is 0 Å². The van der Waals surface area contributed by atoms with Gasteiger partial charge in [0.1, 0.15) is 5.75 Å². The van der Waals surface area contributed by atoms with E-state index in [0.29, 0.717) is 18.7 Å². The number of carbonyl (C=O) groups excluding carboxylic acids is 1. The van der Waals surface area contributed by atoms with Crippen LogP contribution in [0, 0.1) is 0 Å². The van der Waals surface area contributed by atoms with Gasteiger partial charge in [0.25, 0.3) is 5.91 Å². The van der Waals surface area contributed by atoms with Crippen LogP contribution >= 0.6 is 11.3 Å². The van der Waals surface area contributed by atoms with E-state index in [9.17, 15) is 9.90 Å². The lowest BCUT2D eigenvalue weighted by Gasteiger charge is -2.20. The third kappa shape index (κ3) is 2.71. The zero-order valence-electron chi connectivity index (χ0n) is 10.2. The van der Waals surface area contributed by atoms with E-state index in [2.05, 4.69) is 0 Å². The summed E-state index contributed by atoms with van der Waals surface area (Å²) in [5.74, 6) is -0.101. The molecule has 0 aliphatic heterocycles. The van der Waals surface area contributed by atoms with Gasteiger partial charge in [-0.05, 0) is 30.5 Å². The summed E-state index contributed by atoms with van der Waals surface area (Å²) in [4.78, 5) is 15.2. The van der Waals surface area contributed by atoms with Crippen molar-refractivity contribution in [1.29, 1.82) is 0 Å². The minimum atomic E-state index is -0.135. The molecule has 2 rings (SSSR count). The fourth-order valence-electron chi connectivity index (χ4n) is 1.74. The summed E-state index contributed by atoms with van der Waals surface area (Å²) in [6, 6.07) is 10.6. The predicted octanol–water partition coefficient (Wildman–Crippen LogP) is 3.12. The van der Waals surface area contributed by atoms with E-state index in [-0.39, 0.29) is 11.7 Å². The first-order valence-corrected chi connectivity index (χ1v) is 6.70. The number of para-hydroxylation sites is 1. The van der Waals surface area contributed by atoms with Gasteiger partial charge in [-0.25, -0.2) is 0 Å². The van der Waals surface area contributed by atoms with Gasteiger partial charge in [0.05, 0.1) is 12.1 Å². The maximum absolute atomic E-state index is 12.3. The molecule has 1 amide bonds. The third-order valence-electron chi connectivity index (χ3n) is 2.73. The number of benzene rings is 1. The summed E-state index contributed by atoms with van der Waals surface area (Å²) >= 11 is 1.63. The van der Waals surface area contributed by atoms with Crippen LogP contribution in [-0.4, -0.2) is 22.5 Å². The van der Waals surface area contributed by atoms with Crippen LogP contribution in [0.4, 0.5) is 0 Å². The first kappa shape index (κ1) is 12.6. The van der Waals surface area contributed by atoms with E-state index >= 15 is 0 Å². The number of rotatable bonds is 4. The summed E-state index contributed by atoms with van der Waals surface area (Å²) < 4.78 is 0. The molecule has 0 aliphatic carbocycles. The van der Waals surface area contributed by atoms with E-state index in [4.69, 9.17) is 0 Å². The molecule has 1 heterocycles. The number of aromatic hydroxyl groups is 1. The number of thiophene rings is 1. The van der Waals surface area contributed by atoms with E-state index in [1.807, 2.05) is 24.4 Å². The average molecular weight is 261 g/mol. The molecule has 0 spiro atoms. The van der Waals surface area contributed by atoms with Crippen molar-refractivity contribution in [2.75, 3.05) is 6.54 Å². The zero-order chi connectivity index (χ0) is 13.0. The monoisotopic (exact) mass is 261 g/mol. The van der Waals surface area contributed by atoms with Crippen LogP contribution in [0.5, 0.6) is 5.75 Å². The molecule has 0 radical (unpaired) electrons. The Balaban J connectivity index is 2.18. The standard InChI is InChI=1S/C14H15NO2S/c1-2-15(10-11-6-5-9-18-11)14(17)12-7-3-4-8-13(12)16/h3-9,16H,2,10H2,1H3. The molecule has 2 aromatic rings. The molecular formula is C14H15NO2S. The topological polar surface area (TPSA) is 40.5 Å². The smallest absolute Gasteiger partial charge is 0.257 e. The lowest BCUT2D eigenvalue weighted by atomic mass is 10.1. The molecule has 4 heteroatoms. The number of carbonyl (C=O) groups is 1. The molecule has 0 atom stereocenters. The Morgan fingerprint density at radius 2 is 2.06 bits per heavy atom. The summed E-state index contributed by atoms with van der Waals surface area (Å²) in [6.45, 7) is 3.14. The summed E-state index contributed by atoms with van der Waals surface area (Å²) in [5.41, 5.74) is 0.357. The molecule has 0 aliphatic rings. The van der Waals surface area contributed by atoms with Crippen molar-refractivity contribution in [2.45, 2.75) is 13.5 Å². The van der Waals surface area contributed by atoms with Crippen molar-refractivity contribution in [3.8, 4) is 5.75 Å². The predicted molar refractivity (Wildman–Crippen MR) is 72.8 cm³/mol. The van der Waals surface area contributed by atoms with Gasteiger partial charge in [0, 0.05) is 11.4 Å². The largest absolute Gasteiger partial charge is 0.507 e. The molecule has 0 unspecified atom stereocenters. The highest BCUT2D eigenvalue weighted by Crippen LogP contribution is 2.20. The van der Waals surface area contributed by atoms with Crippen LogP contribution < -0.4 is 0 Å². The Morgan fingerprint density at radius 1 is 1.28 bits per heavy atom. The van der Waals surface area contributed by atoms with Gasteiger partial charge in [-0.2, -0.15) is 0 Å². The highest BCUT2D eigenvalue weighted by molar-refractivity contribution is 7.09. The van der Waals surface area contributed by atoms with E-state index in [1.165, 1.54) is 6.07 Å². The Morgan fingerprint density at radius 3 is 2.67 bits per heavy atom. The highest BCUT2D eigenvalue weighted by atomic mass is 32.1. The average Bonchev–Trinajstić information content (AvgIpc) is 2.88. The van der Waals surface area contributed by atoms with Crippen molar-refractivity contribution >= 4 is 17.2 Å². The molecule has 1 aromatic heterocycles. The van der Waals surface area contributed by atoms with Crippen LogP contribution in [0.15, 0.2) is 41.8 Å². The Hall–Kier alpha value is -1.81. The summed E-state index contributed by atoms with van der Waals surface area (Å²) in [7, 11) is 0. The van der Waals surface area contributed by atoms with E-state index in [1.54, 1.807) is 34.4 Å². The van der Waals surface area contributed by atoms with Crippen LogP contribution in [0.2, 0.25) is 0 Å². The fraction of sp³-hybridized carbons (Fsp3) is 0.214. The highest BCUT2D eigenvalue weighted by Gasteiger charge is 2.17. The third-order valence-corrected chi connectivity index (χ3v) is 3.59. The van der Waals surface area contributed by atoms with E-state index in [0.717, 1.165) is 4.88 Å². The maximum Gasteiger partial charge on any atom is 0.257 e. The second kappa shape index (κ2) is 5.69. The Bertz CT molecular complexity index is 522. The lowest BCUT2D eigenvalue weighted by Crippen LogP contribution is -2.30. The molecule has 1 aromatic carbocycles. The zero-order valence-corrected chi connectivity index (χ0v) is 11.0. The number of phenolic OH excluding ortho intramolecular Hbond substituents is 1. The van der Waals surface area contributed by atoms with Crippen LogP contribution in [0.25, 0.3) is 0 Å². The molecule has 0 saturated heterocycles. The number of hydrogen-bond donors (Lipinski definition) is 1. The van der Waals surface area contributed by atoms with Crippen LogP contribution in [-0.2, 0) is 6.54 Å². The quantitative estimate of drug-likeness (QED) is 0.918. The number of hydrogen-bond acceptors (Lipinski definition) is 3. The molecule has 94 valence electrons. The maximum atomic E-state index is 12.3. The molecular weight excluding hydrogens is 246 g/mol. The number of nitrogens with zero attached hydrogens (tertiary/aromatic N) is 1. The van der Waals surface area contributed by atoms with Gasteiger partial charge < -0.3 is 10.0 Å². The second-order valence-electron chi connectivity index (χ2n) is 3.92. The first-order valence-electron chi connectivity index (χ1n) is 5.82. The van der Waals surface area contributed by atoms with Crippen molar-refractivity contribution < 1.29 is 9.90 Å². The first-order chi connectivity index (χ1) is 8.72. The molecule has 0 bridgehead atoms. The number of phenols is 1. The molecule has 0 fully saturated rings. The summed E-state index contributed by atoms with van der Waals surface area (Å²) in [6.07, 6.45) is 0. The number of amides is 1. The second-order valence-corrected chi connectivity index (χ2v) is 4.95. The SMILES string of the molecule is CCN(Cc1cccs1)C(=O)c1ccccc1O. The summed E-state index contributed by atoms with van der Waals surface area (Å²) in [5, 5.41) is 11.7. The fourth-order valence-corrected chi connectivity index (χ4v) is 2.46. The van der Waals surface area contributed by atoms with Crippen molar-refractivity contribution in [1.82, 2.24) is 4.90 Å². The molecule has 18 heavy (non-hydrogen) atoms. The van der Waals surface area contributed by atoms with Gasteiger partial charge in [0.2, 0.25) is 0 Å².